The predicted octanol–water partition coefficient (Wildman–Crippen LogP) is 1.09. The number of ether oxygens (including phenoxy) is 1. The highest BCUT2D eigenvalue weighted by molar-refractivity contribution is 5.60. The monoisotopic (exact) mass is 233 g/mol. The zero-order valence-electron chi connectivity index (χ0n) is 9.79. The minimum absolute atomic E-state index is 0.450. The van der Waals surface area contributed by atoms with Gasteiger partial charge in [-0.25, -0.2) is 0 Å². The highest BCUT2D eigenvalue weighted by Gasteiger charge is 2.16. The summed E-state index contributed by atoms with van der Waals surface area (Å²) < 4.78 is 6.75. The van der Waals surface area contributed by atoms with Crippen LogP contribution in [0, 0.1) is 0 Å². The van der Waals surface area contributed by atoms with Gasteiger partial charge in [-0.1, -0.05) is 12.1 Å². The van der Waals surface area contributed by atoms with Crippen LogP contribution in [0.3, 0.4) is 0 Å². The number of rotatable bonds is 3. The molecular weight excluding hydrogens is 218 g/mol. The molecule has 0 saturated carbocycles. The summed E-state index contributed by atoms with van der Waals surface area (Å²) in [5, 5.41) is 14.2. The van der Waals surface area contributed by atoms with Gasteiger partial charge in [0, 0.05) is 24.4 Å². The highest BCUT2D eigenvalue weighted by atomic mass is 16.5. The molecule has 1 aromatic heterocycles. The minimum Gasteiger partial charge on any atom is -0.495 e. The van der Waals surface area contributed by atoms with E-state index in [0.29, 0.717) is 22.6 Å². The SMILES string of the molecule is COc1cccc(C(O)c2cnn(C)c2)c1N. The number of para-hydroxylation sites is 1. The third-order valence-corrected chi connectivity index (χ3v) is 2.65. The lowest BCUT2D eigenvalue weighted by atomic mass is 10.0. The number of nitrogens with two attached hydrogens (primary N) is 1. The standard InChI is InChI=1S/C12H15N3O2/c1-15-7-8(6-14-15)12(16)9-4-3-5-10(17-2)11(9)13/h3-7,12,16H,13H2,1-2H3. The van der Waals surface area contributed by atoms with Gasteiger partial charge in [0.2, 0.25) is 0 Å². The molecule has 0 aliphatic carbocycles. The Morgan fingerprint density at radius 3 is 2.82 bits per heavy atom. The van der Waals surface area contributed by atoms with Crippen LogP contribution in [0.25, 0.3) is 0 Å². The Morgan fingerprint density at radius 2 is 2.24 bits per heavy atom. The van der Waals surface area contributed by atoms with Gasteiger partial charge in [-0.15, -0.1) is 0 Å². The Labute approximate surface area is 99.4 Å². The maximum absolute atomic E-state index is 10.2. The fourth-order valence-corrected chi connectivity index (χ4v) is 1.74. The van der Waals surface area contributed by atoms with Crippen LogP contribution < -0.4 is 10.5 Å². The summed E-state index contributed by atoms with van der Waals surface area (Å²) in [4.78, 5) is 0. The molecule has 3 N–H and O–H groups in total. The summed E-state index contributed by atoms with van der Waals surface area (Å²) in [6.07, 6.45) is 2.58. The van der Waals surface area contributed by atoms with Gasteiger partial charge in [0.15, 0.2) is 0 Å². The van der Waals surface area contributed by atoms with E-state index in [1.807, 2.05) is 0 Å². The summed E-state index contributed by atoms with van der Waals surface area (Å²) in [6, 6.07) is 5.33. The Hall–Kier alpha value is -2.01. The Bertz CT molecular complexity index is 522. The van der Waals surface area contributed by atoms with E-state index in [1.54, 1.807) is 49.4 Å². The van der Waals surface area contributed by atoms with Crippen LogP contribution in [0.1, 0.15) is 17.2 Å². The van der Waals surface area contributed by atoms with E-state index in [1.165, 1.54) is 0 Å². The molecule has 1 aromatic carbocycles. The quantitative estimate of drug-likeness (QED) is 0.778. The molecule has 0 aliphatic heterocycles. The number of aliphatic hydroxyl groups excluding tert-OH is 1. The lowest BCUT2D eigenvalue weighted by Crippen LogP contribution is -2.04. The Kier molecular flexibility index (Phi) is 3.01. The van der Waals surface area contributed by atoms with Gasteiger partial charge < -0.3 is 15.6 Å². The molecular formula is C12H15N3O2. The van der Waals surface area contributed by atoms with Gasteiger partial charge in [0.25, 0.3) is 0 Å². The lowest BCUT2D eigenvalue weighted by Gasteiger charge is -2.14. The molecule has 2 aromatic rings. The van der Waals surface area contributed by atoms with E-state index in [0.717, 1.165) is 0 Å². The van der Waals surface area contributed by atoms with Crippen molar-refractivity contribution in [2.45, 2.75) is 6.10 Å². The van der Waals surface area contributed by atoms with Crippen molar-refractivity contribution < 1.29 is 9.84 Å². The molecule has 90 valence electrons. The number of aryl methyl sites for hydroxylation is 1. The Morgan fingerprint density at radius 1 is 1.47 bits per heavy atom. The molecule has 2 rings (SSSR count). The van der Waals surface area contributed by atoms with Crippen molar-refractivity contribution in [2.24, 2.45) is 7.05 Å². The number of hydrogen-bond donors (Lipinski definition) is 2. The molecule has 0 radical (unpaired) electrons. The fraction of sp³-hybridized carbons (Fsp3) is 0.250. The van der Waals surface area contributed by atoms with E-state index in [2.05, 4.69) is 5.10 Å². The second-order valence-electron chi connectivity index (χ2n) is 3.81. The first-order chi connectivity index (χ1) is 8.13. The average Bonchev–Trinajstić information content (AvgIpc) is 2.75. The number of nitrogens with zero attached hydrogens (tertiary/aromatic N) is 2. The van der Waals surface area contributed by atoms with Crippen molar-refractivity contribution >= 4 is 5.69 Å². The molecule has 5 nitrogen and oxygen atoms in total. The molecule has 1 heterocycles. The first kappa shape index (κ1) is 11.5. The van der Waals surface area contributed by atoms with Gasteiger partial charge >= 0.3 is 0 Å². The fourth-order valence-electron chi connectivity index (χ4n) is 1.74. The molecule has 0 spiro atoms. The van der Waals surface area contributed by atoms with Crippen molar-refractivity contribution in [1.29, 1.82) is 0 Å². The minimum atomic E-state index is -0.793. The van der Waals surface area contributed by atoms with Crippen LogP contribution in [-0.2, 0) is 7.05 Å². The zero-order chi connectivity index (χ0) is 12.4. The number of nitrogen functional groups attached to an aromatic ring is 1. The molecule has 5 heteroatoms. The van der Waals surface area contributed by atoms with E-state index in [4.69, 9.17) is 10.5 Å². The molecule has 17 heavy (non-hydrogen) atoms. The predicted molar refractivity (Wildman–Crippen MR) is 64.7 cm³/mol. The summed E-state index contributed by atoms with van der Waals surface area (Å²) in [7, 11) is 3.34. The largest absolute Gasteiger partial charge is 0.495 e. The van der Waals surface area contributed by atoms with Crippen molar-refractivity contribution in [3.05, 3.63) is 41.7 Å². The lowest BCUT2D eigenvalue weighted by molar-refractivity contribution is 0.220. The maximum Gasteiger partial charge on any atom is 0.142 e. The van der Waals surface area contributed by atoms with Crippen LogP contribution in [0.4, 0.5) is 5.69 Å². The molecule has 0 bridgehead atoms. The van der Waals surface area contributed by atoms with Gasteiger partial charge in [0.05, 0.1) is 19.0 Å². The second kappa shape index (κ2) is 4.47. The molecule has 1 atom stereocenters. The van der Waals surface area contributed by atoms with Gasteiger partial charge in [-0.05, 0) is 6.07 Å². The number of methoxy groups -OCH3 is 1. The normalized spacial score (nSPS) is 12.4. The number of aromatic nitrogens is 2. The van der Waals surface area contributed by atoms with E-state index in [-0.39, 0.29) is 0 Å². The molecule has 0 saturated heterocycles. The zero-order valence-corrected chi connectivity index (χ0v) is 9.79. The van der Waals surface area contributed by atoms with E-state index in [9.17, 15) is 5.11 Å². The first-order valence-corrected chi connectivity index (χ1v) is 5.22. The molecule has 0 fully saturated rings. The number of aliphatic hydroxyl groups is 1. The van der Waals surface area contributed by atoms with Crippen molar-refractivity contribution in [3.8, 4) is 5.75 Å². The van der Waals surface area contributed by atoms with Crippen LogP contribution >= 0.6 is 0 Å². The number of anilines is 1. The van der Waals surface area contributed by atoms with Gasteiger partial charge in [-0.2, -0.15) is 5.10 Å². The summed E-state index contributed by atoms with van der Waals surface area (Å²) in [5.74, 6) is 0.561. The van der Waals surface area contributed by atoms with Gasteiger partial charge in [0.1, 0.15) is 11.9 Å². The highest BCUT2D eigenvalue weighted by Crippen LogP contribution is 2.32. The molecule has 0 aliphatic rings. The number of benzene rings is 1. The second-order valence-corrected chi connectivity index (χ2v) is 3.81. The van der Waals surface area contributed by atoms with E-state index >= 15 is 0 Å². The molecule has 0 amide bonds. The maximum atomic E-state index is 10.2. The topological polar surface area (TPSA) is 73.3 Å². The molecule has 1 unspecified atom stereocenters. The van der Waals surface area contributed by atoms with Crippen LogP contribution in [0.2, 0.25) is 0 Å². The smallest absolute Gasteiger partial charge is 0.142 e. The number of hydrogen-bond acceptors (Lipinski definition) is 4. The average molecular weight is 233 g/mol. The van der Waals surface area contributed by atoms with E-state index < -0.39 is 6.10 Å². The van der Waals surface area contributed by atoms with Crippen LogP contribution in [0.15, 0.2) is 30.6 Å². The summed E-state index contributed by atoms with van der Waals surface area (Å²) in [6.45, 7) is 0. The third kappa shape index (κ3) is 2.09. The first-order valence-electron chi connectivity index (χ1n) is 5.22. The summed E-state index contributed by atoms with van der Waals surface area (Å²) in [5.41, 5.74) is 7.70. The van der Waals surface area contributed by atoms with Crippen molar-refractivity contribution in [1.82, 2.24) is 9.78 Å². The van der Waals surface area contributed by atoms with Crippen molar-refractivity contribution in [3.63, 3.8) is 0 Å². The summed E-state index contributed by atoms with van der Waals surface area (Å²) >= 11 is 0. The van der Waals surface area contributed by atoms with Crippen molar-refractivity contribution in [2.75, 3.05) is 12.8 Å². The third-order valence-electron chi connectivity index (χ3n) is 2.65. The van der Waals surface area contributed by atoms with Crippen LogP contribution in [-0.4, -0.2) is 22.0 Å². The van der Waals surface area contributed by atoms with Gasteiger partial charge in [-0.3, -0.25) is 4.68 Å². The Balaban J connectivity index is 2.40. The van der Waals surface area contributed by atoms with Crippen LogP contribution in [0.5, 0.6) is 5.75 Å².